The zero-order valence-corrected chi connectivity index (χ0v) is 20.9. The first-order valence-electron chi connectivity index (χ1n) is 10.7. The zero-order chi connectivity index (χ0) is 19.7. The van der Waals surface area contributed by atoms with Crippen LogP contribution in [0.25, 0.3) is 0 Å². The SMILES string of the molecule is CCNC(=NCC1(SCC)CCOCC1)NC1CCN(c2ccccn2)CC1.I. The summed E-state index contributed by atoms with van der Waals surface area (Å²) in [6, 6.07) is 6.59. The molecular formula is C21H36IN5OS. The van der Waals surface area contributed by atoms with Crippen LogP contribution in [0, 0.1) is 0 Å². The predicted molar refractivity (Wildman–Crippen MR) is 135 cm³/mol. The second kappa shape index (κ2) is 12.8. The predicted octanol–water partition coefficient (Wildman–Crippen LogP) is 3.53. The van der Waals surface area contributed by atoms with Gasteiger partial charge in [0.05, 0.1) is 6.54 Å². The number of hydrogen-bond donors (Lipinski definition) is 2. The van der Waals surface area contributed by atoms with E-state index in [0.29, 0.717) is 6.04 Å². The summed E-state index contributed by atoms with van der Waals surface area (Å²) in [7, 11) is 0. The fraction of sp³-hybridized carbons (Fsp3) is 0.714. The summed E-state index contributed by atoms with van der Waals surface area (Å²) in [5, 5.41) is 7.12. The van der Waals surface area contributed by atoms with Crippen LogP contribution in [0.4, 0.5) is 5.82 Å². The number of piperidine rings is 1. The third kappa shape index (κ3) is 7.47. The topological polar surface area (TPSA) is 61.8 Å². The maximum atomic E-state index is 5.59. The van der Waals surface area contributed by atoms with Crippen LogP contribution in [0.1, 0.15) is 39.5 Å². The minimum atomic E-state index is 0. The fourth-order valence-electron chi connectivity index (χ4n) is 3.93. The lowest BCUT2D eigenvalue weighted by Crippen LogP contribution is -2.49. The van der Waals surface area contributed by atoms with Crippen molar-refractivity contribution >= 4 is 47.5 Å². The van der Waals surface area contributed by atoms with Crippen molar-refractivity contribution in [2.24, 2.45) is 4.99 Å². The normalized spacial score (nSPS) is 20.1. The van der Waals surface area contributed by atoms with Crippen molar-refractivity contribution in [3.63, 3.8) is 0 Å². The van der Waals surface area contributed by atoms with Crippen LogP contribution in [0.3, 0.4) is 0 Å². The number of nitrogens with one attached hydrogen (secondary N) is 2. The van der Waals surface area contributed by atoms with Crippen molar-refractivity contribution in [1.82, 2.24) is 15.6 Å². The maximum Gasteiger partial charge on any atom is 0.191 e. The maximum absolute atomic E-state index is 5.59. The van der Waals surface area contributed by atoms with Crippen LogP contribution >= 0.6 is 35.7 Å². The van der Waals surface area contributed by atoms with Crippen LogP contribution in [0.2, 0.25) is 0 Å². The minimum Gasteiger partial charge on any atom is -0.381 e. The van der Waals surface area contributed by atoms with E-state index in [-0.39, 0.29) is 28.7 Å². The highest BCUT2D eigenvalue weighted by Crippen LogP contribution is 2.35. The molecular weight excluding hydrogens is 497 g/mol. The number of halogens is 1. The van der Waals surface area contributed by atoms with Crippen molar-refractivity contribution in [2.75, 3.05) is 50.0 Å². The molecule has 3 heterocycles. The number of rotatable bonds is 7. The smallest absolute Gasteiger partial charge is 0.191 e. The summed E-state index contributed by atoms with van der Waals surface area (Å²) in [6.07, 6.45) is 6.26. The Morgan fingerprint density at radius 2 is 2.03 bits per heavy atom. The number of guanidine groups is 1. The van der Waals surface area contributed by atoms with E-state index in [1.165, 1.54) is 0 Å². The molecule has 0 bridgehead atoms. The molecule has 3 rings (SSSR count). The highest BCUT2D eigenvalue weighted by Gasteiger charge is 2.32. The van der Waals surface area contributed by atoms with Crippen molar-refractivity contribution in [2.45, 2.75) is 50.3 Å². The molecule has 0 atom stereocenters. The molecule has 1 aromatic heterocycles. The van der Waals surface area contributed by atoms with Gasteiger partial charge in [-0.15, -0.1) is 24.0 Å². The van der Waals surface area contributed by atoms with E-state index in [2.05, 4.69) is 46.5 Å². The van der Waals surface area contributed by atoms with Gasteiger partial charge >= 0.3 is 0 Å². The molecule has 0 unspecified atom stereocenters. The quantitative estimate of drug-likeness (QED) is 0.318. The molecule has 6 nitrogen and oxygen atoms in total. The molecule has 0 saturated carbocycles. The minimum absolute atomic E-state index is 0. The first kappa shape index (κ1) is 24.5. The summed E-state index contributed by atoms with van der Waals surface area (Å²) in [4.78, 5) is 11.8. The standard InChI is InChI=1S/C21H35N5OS.HI/c1-3-22-20(24-17-21(28-4-2)10-15-27-16-11-21)25-18-8-13-26(14-9-18)19-7-5-6-12-23-19;/h5-7,12,18H,3-4,8-11,13-17H2,1-2H3,(H2,22,24,25);1H. The van der Waals surface area contributed by atoms with Crippen LogP contribution < -0.4 is 15.5 Å². The van der Waals surface area contributed by atoms with E-state index < -0.39 is 0 Å². The van der Waals surface area contributed by atoms with Crippen molar-refractivity contribution in [1.29, 1.82) is 0 Å². The molecule has 0 radical (unpaired) electrons. The lowest BCUT2D eigenvalue weighted by Gasteiger charge is -2.36. The summed E-state index contributed by atoms with van der Waals surface area (Å²) in [5.41, 5.74) is 0. The van der Waals surface area contributed by atoms with Crippen LogP contribution in [-0.4, -0.2) is 66.9 Å². The number of hydrogen-bond acceptors (Lipinski definition) is 5. The van der Waals surface area contributed by atoms with Crippen molar-refractivity contribution in [3.05, 3.63) is 24.4 Å². The molecule has 2 aliphatic rings. The Bertz CT molecular complexity index is 599. The van der Waals surface area contributed by atoms with Gasteiger partial charge in [0.1, 0.15) is 5.82 Å². The summed E-state index contributed by atoms with van der Waals surface area (Å²) < 4.78 is 5.82. The van der Waals surface area contributed by atoms with Crippen molar-refractivity contribution in [3.8, 4) is 0 Å². The molecule has 2 N–H and O–H groups in total. The van der Waals surface area contributed by atoms with E-state index in [1.807, 2.05) is 24.0 Å². The average molecular weight is 534 g/mol. The Morgan fingerprint density at radius 1 is 1.28 bits per heavy atom. The second-order valence-electron chi connectivity index (χ2n) is 7.52. The Balaban J connectivity index is 0.00000300. The van der Waals surface area contributed by atoms with E-state index >= 15 is 0 Å². The number of aromatic nitrogens is 1. The van der Waals surface area contributed by atoms with Gasteiger partial charge in [-0.1, -0.05) is 13.0 Å². The summed E-state index contributed by atoms with van der Waals surface area (Å²) in [5.74, 6) is 3.17. The molecule has 0 amide bonds. The van der Waals surface area contributed by atoms with Crippen LogP contribution in [0.15, 0.2) is 29.4 Å². The monoisotopic (exact) mass is 533 g/mol. The Hall–Kier alpha value is -0.740. The molecule has 1 aromatic rings. The van der Waals surface area contributed by atoms with Crippen molar-refractivity contribution < 1.29 is 4.74 Å². The van der Waals surface area contributed by atoms with E-state index in [4.69, 9.17) is 9.73 Å². The number of aliphatic imine (C=N–C) groups is 1. The zero-order valence-electron chi connectivity index (χ0n) is 17.7. The van der Waals surface area contributed by atoms with Gasteiger partial charge in [0.15, 0.2) is 5.96 Å². The average Bonchev–Trinajstić information content (AvgIpc) is 2.74. The molecule has 2 saturated heterocycles. The third-order valence-corrected chi connectivity index (χ3v) is 6.97. The number of thioether (sulfide) groups is 1. The van der Waals surface area contributed by atoms with Crippen LogP contribution in [-0.2, 0) is 4.74 Å². The van der Waals surface area contributed by atoms with E-state index in [9.17, 15) is 0 Å². The molecule has 0 aliphatic carbocycles. The first-order chi connectivity index (χ1) is 13.7. The highest BCUT2D eigenvalue weighted by molar-refractivity contribution is 14.0. The van der Waals surface area contributed by atoms with Gasteiger partial charge in [-0.05, 0) is 50.5 Å². The third-order valence-electron chi connectivity index (χ3n) is 5.53. The van der Waals surface area contributed by atoms with Gasteiger partial charge in [0.25, 0.3) is 0 Å². The lowest BCUT2D eigenvalue weighted by molar-refractivity contribution is 0.0793. The lowest BCUT2D eigenvalue weighted by atomic mass is 9.99. The van der Waals surface area contributed by atoms with Gasteiger partial charge in [-0.3, -0.25) is 4.99 Å². The summed E-state index contributed by atoms with van der Waals surface area (Å²) >= 11 is 2.05. The number of pyridine rings is 1. The summed E-state index contributed by atoms with van der Waals surface area (Å²) in [6.45, 7) is 9.89. The molecule has 164 valence electrons. The molecule has 2 aliphatic heterocycles. The number of nitrogens with zero attached hydrogens (tertiary/aromatic N) is 3. The van der Waals surface area contributed by atoms with Gasteiger partial charge in [-0.2, -0.15) is 11.8 Å². The Kier molecular flexibility index (Phi) is 10.9. The van der Waals surface area contributed by atoms with E-state index in [0.717, 1.165) is 82.6 Å². The largest absolute Gasteiger partial charge is 0.381 e. The number of anilines is 1. The fourth-order valence-corrected chi connectivity index (χ4v) is 5.15. The van der Waals surface area contributed by atoms with Gasteiger partial charge in [-0.25, -0.2) is 4.98 Å². The van der Waals surface area contributed by atoms with E-state index in [1.54, 1.807) is 0 Å². The van der Waals surface area contributed by atoms with Gasteiger partial charge < -0.3 is 20.3 Å². The van der Waals surface area contributed by atoms with Gasteiger partial charge in [0.2, 0.25) is 0 Å². The molecule has 8 heteroatoms. The van der Waals surface area contributed by atoms with Crippen LogP contribution in [0.5, 0.6) is 0 Å². The second-order valence-corrected chi connectivity index (χ2v) is 9.25. The molecule has 0 spiro atoms. The first-order valence-corrected chi connectivity index (χ1v) is 11.7. The van der Waals surface area contributed by atoms with Gasteiger partial charge in [0, 0.05) is 49.8 Å². The number of ether oxygens (including phenoxy) is 1. The molecule has 0 aromatic carbocycles. The Labute approximate surface area is 197 Å². The highest BCUT2D eigenvalue weighted by atomic mass is 127. The molecule has 2 fully saturated rings. The Morgan fingerprint density at radius 3 is 2.66 bits per heavy atom. The molecule has 29 heavy (non-hydrogen) atoms.